The van der Waals surface area contributed by atoms with Crippen LogP contribution in [0.4, 0.5) is 5.69 Å². The van der Waals surface area contributed by atoms with Crippen molar-refractivity contribution in [2.75, 3.05) is 5.73 Å². The van der Waals surface area contributed by atoms with E-state index in [1.54, 1.807) is 12.1 Å². The normalized spacial score (nSPS) is 12.1. The van der Waals surface area contributed by atoms with Crippen molar-refractivity contribution in [3.05, 3.63) is 23.2 Å². The molecule has 0 aromatic heterocycles. The summed E-state index contributed by atoms with van der Waals surface area (Å²) in [6.07, 6.45) is 0.301. The van der Waals surface area contributed by atoms with Crippen LogP contribution in [0.2, 0.25) is 5.02 Å². The standard InChI is InChI=1S/C11H14ClNO3/c1-2-3-10(11(14)15)16-9-5-4-7(12)6-8(9)13/h4-6,10H,2-3,13H2,1H3,(H,14,15). The Hall–Kier alpha value is -1.42. The average Bonchev–Trinajstić information content (AvgIpc) is 2.20. The van der Waals surface area contributed by atoms with E-state index in [-0.39, 0.29) is 0 Å². The SMILES string of the molecule is CCCC(Oc1ccc(Cl)cc1N)C(=O)O. The molecular weight excluding hydrogens is 230 g/mol. The second-order valence-electron chi connectivity index (χ2n) is 3.42. The number of carbonyl (C=O) groups is 1. The minimum Gasteiger partial charge on any atom is -0.479 e. The van der Waals surface area contributed by atoms with Crippen molar-refractivity contribution >= 4 is 23.3 Å². The summed E-state index contributed by atoms with van der Waals surface area (Å²) in [5.41, 5.74) is 6.01. The summed E-state index contributed by atoms with van der Waals surface area (Å²) < 4.78 is 5.32. The van der Waals surface area contributed by atoms with Crippen LogP contribution in [0.15, 0.2) is 18.2 Å². The lowest BCUT2D eigenvalue weighted by molar-refractivity contribution is -0.145. The fourth-order valence-electron chi connectivity index (χ4n) is 1.27. The molecule has 0 amide bonds. The van der Waals surface area contributed by atoms with Crippen LogP contribution in [0.3, 0.4) is 0 Å². The van der Waals surface area contributed by atoms with Gasteiger partial charge in [0.1, 0.15) is 5.75 Å². The van der Waals surface area contributed by atoms with Crippen molar-refractivity contribution < 1.29 is 14.6 Å². The third kappa shape index (κ3) is 3.31. The maximum atomic E-state index is 10.9. The lowest BCUT2D eigenvalue weighted by Crippen LogP contribution is -2.27. The smallest absolute Gasteiger partial charge is 0.344 e. The number of nitrogen functional groups attached to an aromatic ring is 1. The molecule has 0 saturated carbocycles. The highest BCUT2D eigenvalue weighted by Gasteiger charge is 2.19. The van der Waals surface area contributed by atoms with E-state index in [0.29, 0.717) is 22.9 Å². The van der Waals surface area contributed by atoms with E-state index in [2.05, 4.69) is 0 Å². The monoisotopic (exact) mass is 243 g/mol. The number of benzene rings is 1. The summed E-state index contributed by atoms with van der Waals surface area (Å²) in [5, 5.41) is 9.41. The van der Waals surface area contributed by atoms with Crippen molar-refractivity contribution in [1.29, 1.82) is 0 Å². The number of carboxylic acid groups (broad SMARTS) is 1. The van der Waals surface area contributed by atoms with Gasteiger partial charge in [0.2, 0.25) is 0 Å². The van der Waals surface area contributed by atoms with Gasteiger partial charge in [-0.1, -0.05) is 24.9 Å². The Labute approximate surface area is 99.0 Å². The van der Waals surface area contributed by atoms with Gasteiger partial charge in [-0.2, -0.15) is 0 Å². The van der Waals surface area contributed by atoms with Gasteiger partial charge in [-0.25, -0.2) is 4.79 Å². The first kappa shape index (κ1) is 12.6. The molecule has 88 valence electrons. The second kappa shape index (κ2) is 5.61. The first-order chi connectivity index (χ1) is 7.54. The van der Waals surface area contributed by atoms with Gasteiger partial charge >= 0.3 is 5.97 Å². The summed E-state index contributed by atoms with van der Waals surface area (Å²) in [7, 11) is 0. The van der Waals surface area contributed by atoms with Crippen molar-refractivity contribution in [3.8, 4) is 5.75 Å². The van der Waals surface area contributed by atoms with E-state index in [1.165, 1.54) is 6.07 Å². The van der Waals surface area contributed by atoms with Crippen molar-refractivity contribution in [3.63, 3.8) is 0 Å². The minimum absolute atomic E-state index is 0.342. The van der Waals surface area contributed by atoms with Crippen LogP contribution in [-0.2, 0) is 4.79 Å². The lowest BCUT2D eigenvalue weighted by atomic mass is 10.2. The molecule has 0 radical (unpaired) electrons. The molecule has 1 rings (SSSR count). The molecule has 0 spiro atoms. The lowest BCUT2D eigenvalue weighted by Gasteiger charge is -2.15. The van der Waals surface area contributed by atoms with Crippen molar-refractivity contribution in [2.24, 2.45) is 0 Å². The second-order valence-corrected chi connectivity index (χ2v) is 3.85. The maximum absolute atomic E-state index is 10.9. The summed E-state index contributed by atoms with van der Waals surface area (Å²) >= 11 is 5.73. The minimum atomic E-state index is -0.990. The number of carboxylic acids is 1. The molecule has 0 heterocycles. The fourth-order valence-corrected chi connectivity index (χ4v) is 1.46. The van der Waals surface area contributed by atoms with E-state index in [4.69, 9.17) is 27.2 Å². The molecule has 0 bridgehead atoms. The number of nitrogens with two attached hydrogens (primary N) is 1. The zero-order valence-electron chi connectivity index (χ0n) is 8.94. The molecule has 0 saturated heterocycles. The van der Waals surface area contributed by atoms with E-state index in [0.717, 1.165) is 6.42 Å². The summed E-state index contributed by atoms with van der Waals surface area (Å²) in [6.45, 7) is 1.89. The van der Waals surface area contributed by atoms with Gasteiger partial charge in [0.15, 0.2) is 6.10 Å². The average molecular weight is 244 g/mol. The molecule has 1 unspecified atom stereocenters. The molecule has 4 nitrogen and oxygen atoms in total. The predicted molar refractivity (Wildman–Crippen MR) is 62.8 cm³/mol. The zero-order chi connectivity index (χ0) is 12.1. The number of halogens is 1. The molecular formula is C11H14ClNO3. The number of rotatable bonds is 5. The van der Waals surface area contributed by atoms with E-state index >= 15 is 0 Å². The molecule has 16 heavy (non-hydrogen) atoms. The van der Waals surface area contributed by atoms with E-state index in [1.807, 2.05) is 6.92 Å². The number of anilines is 1. The Balaban J connectivity index is 2.81. The van der Waals surface area contributed by atoms with E-state index in [9.17, 15) is 4.79 Å². The van der Waals surface area contributed by atoms with Crippen LogP contribution in [0, 0.1) is 0 Å². The van der Waals surface area contributed by atoms with Gasteiger partial charge in [-0.05, 0) is 24.6 Å². The highest BCUT2D eigenvalue weighted by Crippen LogP contribution is 2.26. The molecule has 1 aromatic carbocycles. The highest BCUT2D eigenvalue weighted by molar-refractivity contribution is 6.30. The molecule has 5 heteroatoms. The fraction of sp³-hybridized carbons (Fsp3) is 0.364. The molecule has 0 fully saturated rings. The Morgan fingerprint density at radius 2 is 2.31 bits per heavy atom. The molecule has 3 N–H and O–H groups in total. The third-order valence-electron chi connectivity index (χ3n) is 2.07. The number of ether oxygens (including phenoxy) is 1. The summed E-state index contributed by atoms with van der Waals surface area (Å²) in [6, 6.07) is 4.71. The van der Waals surface area contributed by atoms with Crippen LogP contribution in [-0.4, -0.2) is 17.2 Å². The topological polar surface area (TPSA) is 72.5 Å². The van der Waals surface area contributed by atoms with Gasteiger partial charge < -0.3 is 15.6 Å². The van der Waals surface area contributed by atoms with Gasteiger partial charge in [0.25, 0.3) is 0 Å². The Morgan fingerprint density at radius 3 is 2.81 bits per heavy atom. The molecule has 0 aliphatic heterocycles. The molecule has 0 aliphatic rings. The largest absolute Gasteiger partial charge is 0.479 e. The number of hydrogen-bond donors (Lipinski definition) is 2. The molecule has 0 aliphatic carbocycles. The molecule has 1 atom stereocenters. The Kier molecular flexibility index (Phi) is 4.43. The first-order valence-corrected chi connectivity index (χ1v) is 5.37. The third-order valence-corrected chi connectivity index (χ3v) is 2.30. The maximum Gasteiger partial charge on any atom is 0.344 e. The van der Waals surface area contributed by atoms with Gasteiger partial charge in [0, 0.05) is 5.02 Å². The zero-order valence-corrected chi connectivity index (χ0v) is 9.70. The van der Waals surface area contributed by atoms with Gasteiger partial charge in [-0.15, -0.1) is 0 Å². The Bertz CT molecular complexity index is 381. The highest BCUT2D eigenvalue weighted by atomic mass is 35.5. The van der Waals surface area contributed by atoms with E-state index < -0.39 is 12.1 Å². The van der Waals surface area contributed by atoms with Gasteiger partial charge in [-0.3, -0.25) is 0 Å². The predicted octanol–water partition coefficient (Wildman–Crippen LogP) is 2.55. The Morgan fingerprint density at radius 1 is 1.62 bits per heavy atom. The summed E-state index contributed by atoms with van der Waals surface area (Å²) in [5.74, 6) is -0.638. The van der Waals surface area contributed by atoms with Crippen molar-refractivity contribution in [2.45, 2.75) is 25.9 Å². The molecule has 1 aromatic rings. The van der Waals surface area contributed by atoms with Crippen molar-refractivity contribution in [1.82, 2.24) is 0 Å². The van der Waals surface area contributed by atoms with Crippen LogP contribution in [0.1, 0.15) is 19.8 Å². The van der Waals surface area contributed by atoms with Crippen LogP contribution in [0.5, 0.6) is 5.75 Å². The van der Waals surface area contributed by atoms with Crippen LogP contribution >= 0.6 is 11.6 Å². The summed E-state index contributed by atoms with van der Waals surface area (Å²) in [4.78, 5) is 10.9. The number of hydrogen-bond acceptors (Lipinski definition) is 3. The van der Waals surface area contributed by atoms with Crippen LogP contribution in [0.25, 0.3) is 0 Å². The number of aliphatic carboxylic acids is 1. The van der Waals surface area contributed by atoms with Gasteiger partial charge in [0.05, 0.1) is 5.69 Å². The quantitative estimate of drug-likeness (QED) is 0.780. The van der Waals surface area contributed by atoms with Crippen LogP contribution < -0.4 is 10.5 Å². The first-order valence-electron chi connectivity index (χ1n) is 4.99.